The van der Waals surface area contributed by atoms with Gasteiger partial charge in [-0.05, 0) is 79.3 Å². The van der Waals surface area contributed by atoms with E-state index >= 15 is 0 Å². The van der Waals surface area contributed by atoms with Crippen LogP contribution in [0, 0.1) is 12.8 Å². The highest BCUT2D eigenvalue weighted by atomic mass is 32.2. The third kappa shape index (κ3) is 8.12. The maximum absolute atomic E-state index is 13.4. The summed E-state index contributed by atoms with van der Waals surface area (Å²) in [7, 11) is -3.90. The minimum absolute atomic E-state index is 0.0890. The van der Waals surface area contributed by atoms with Crippen LogP contribution >= 0.6 is 0 Å². The largest absolute Gasteiger partial charge is 0.427 e. The van der Waals surface area contributed by atoms with Gasteiger partial charge in [0.05, 0.1) is 5.69 Å². The van der Waals surface area contributed by atoms with E-state index in [1.807, 2.05) is 42.3 Å². The van der Waals surface area contributed by atoms with Gasteiger partial charge in [-0.1, -0.05) is 43.5 Å². The average molecular weight is 617 g/mol. The molecule has 1 amide bonds. The van der Waals surface area contributed by atoms with Crippen molar-refractivity contribution in [2.24, 2.45) is 10.9 Å². The summed E-state index contributed by atoms with van der Waals surface area (Å²) in [5.41, 5.74) is 3.19. The Morgan fingerprint density at radius 2 is 1.66 bits per heavy atom. The molecule has 1 saturated carbocycles. The van der Waals surface area contributed by atoms with Crippen LogP contribution in [-0.2, 0) is 21.4 Å². The molecule has 0 radical (unpaired) electrons. The van der Waals surface area contributed by atoms with Crippen LogP contribution in [0.5, 0.6) is 5.75 Å². The number of aryl methyl sites for hydroxylation is 1. The van der Waals surface area contributed by atoms with Crippen LogP contribution in [0.3, 0.4) is 0 Å². The first kappa shape index (κ1) is 31.4. The molecule has 0 spiro atoms. The highest BCUT2D eigenvalue weighted by Gasteiger charge is 2.24. The molecular formula is C34H40N4O5S. The van der Waals surface area contributed by atoms with Gasteiger partial charge in [0.25, 0.3) is 15.9 Å². The lowest BCUT2D eigenvalue weighted by molar-refractivity contribution is -0.131. The zero-order chi connectivity index (χ0) is 31.1. The molecule has 2 aliphatic rings. The number of aliphatic imine (C=N–C) groups is 1. The molecule has 1 heterocycles. The number of benzene rings is 3. The number of hydrogen-bond acceptors (Lipinski definition) is 7. The number of nitrogens with one attached hydrogen (secondary N) is 1. The number of sulfonamides is 1. The van der Waals surface area contributed by atoms with Gasteiger partial charge < -0.3 is 9.64 Å². The standard InChI is InChI=1S/C34H40N4O5S/c1-25-8-6-13-32(33(25)35-23-27-9-4-3-5-10-27)44(41,42)36-30-16-14-29(15-17-30)34(40)38-20-18-37(19-21-38)24-28-11-7-12-31(22-28)43-26(2)39/h6-8,11-17,22-23,27,36H,3-5,9-10,18-21,24H2,1-2H3/b35-23-. The van der Waals surface area contributed by atoms with Gasteiger partial charge in [0.1, 0.15) is 10.6 Å². The van der Waals surface area contributed by atoms with Gasteiger partial charge in [0.15, 0.2) is 0 Å². The molecule has 1 N–H and O–H groups in total. The Balaban J connectivity index is 1.18. The summed E-state index contributed by atoms with van der Waals surface area (Å²) in [4.78, 5) is 33.3. The number of ether oxygens (including phenoxy) is 1. The Morgan fingerprint density at radius 3 is 2.36 bits per heavy atom. The monoisotopic (exact) mass is 616 g/mol. The van der Waals surface area contributed by atoms with Crippen molar-refractivity contribution in [1.29, 1.82) is 0 Å². The molecule has 10 heteroatoms. The number of carbonyl (C=O) groups excluding carboxylic acids is 2. The molecule has 3 aromatic rings. The molecular weight excluding hydrogens is 576 g/mol. The van der Waals surface area contributed by atoms with Crippen LogP contribution in [0.4, 0.5) is 11.4 Å². The molecule has 44 heavy (non-hydrogen) atoms. The molecule has 1 saturated heterocycles. The van der Waals surface area contributed by atoms with Crippen LogP contribution in [0.1, 0.15) is 60.5 Å². The van der Waals surface area contributed by atoms with Gasteiger partial charge in [-0.2, -0.15) is 0 Å². The molecule has 9 nitrogen and oxygen atoms in total. The zero-order valence-corrected chi connectivity index (χ0v) is 26.2. The number of anilines is 1. The minimum Gasteiger partial charge on any atom is -0.427 e. The van der Waals surface area contributed by atoms with Crippen LogP contribution in [0.25, 0.3) is 0 Å². The van der Waals surface area contributed by atoms with Gasteiger partial charge in [-0.3, -0.25) is 24.2 Å². The second kappa shape index (κ2) is 14.2. The van der Waals surface area contributed by atoms with Gasteiger partial charge in [0.2, 0.25) is 0 Å². The van der Waals surface area contributed by atoms with E-state index in [2.05, 4.69) is 14.6 Å². The van der Waals surface area contributed by atoms with Gasteiger partial charge in [0, 0.05) is 57.1 Å². The zero-order valence-electron chi connectivity index (χ0n) is 25.4. The summed E-state index contributed by atoms with van der Waals surface area (Å²) in [6, 6.07) is 19.2. The smallest absolute Gasteiger partial charge is 0.308 e. The van der Waals surface area contributed by atoms with E-state index in [9.17, 15) is 18.0 Å². The molecule has 0 bridgehead atoms. The van der Waals surface area contributed by atoms with E-state index in [4.69, 9.17) is 4.74 Å². The third-order valence-corrected chi connectivity index (χ3v) is 9.58. The Bertz CT molecular complexity index is 1610. The van der Waals surface area contributed by atoms with Crippen LogP contribution in [0.15, 0.2) is 76.6 Å². The van der Waals surface area contributed by atoms with Gasteiger partial charge >= 0.3 is 5.97 Å². The van der Waals surface area contributed by atoms with Crippen LogP contribution < -0.4 is 9.46 Å². The number of rotatable bonds is 9. The molecule has 2 fully saturated rings. The summed E-state index contributed by atoms with van der Waals surface area (Å²) < 4.78 is 34.7. The van der Waals surface area contributed by atoms with E-state index in [1.165, 1.54) is 26.2 Å². The number of carbonyl (C=O) groups is 2. The van der Waals surface area contributed by atoms with Crippen molar-refractivity contribution in [3.8, 4) is 5.75 Å². The fourth-order valence-corrected chi connectivity index (χ4v) is 7.07. The minimum atomic E-state index is -3.90. The first-order chi connectivity index (χ1) is 21.2. The van der Waals surface area contributed by atoms with Gasteiger partial charge in [-0.15, -0.1) is 0 Å². The second-order valence-corrected chi connectivity index (χ2v) is 13.2. The van der Waals surface area contributed by atoms with Crippen LogP contribution in [-0.4, -0.2) is 62.5 Å². The Kier molecular flexibility index (Phi) is 10.1. The lowest BCUT2D eigenvalue weighted by Gasteiger charge is -2.34. The van der Waals surface area contributed by atoms with Crippen molar-refractivity contribution >= 4 is 39.5 Å². The topological polar surface area (TPSA) is 108 Å². The first-order valence-corrected chi connectivity index (χ1v) is 16.7. The van der Waals surface area contributed by atoms with Crippen molar-refractivity contribution in [1.82, 2.24) is 9.80 Å². The van der Waals surface area contributed by atoms with E-state index < -0.39 is 10.0 Å². The highest BCUT2D eigenvalue weighted by molar-refractivity contribution is 7.92. The second-order valence-electron chi connectivity index (χ2n) is 11.6. The molecule has 0 atom stereocenters. The normalized spacial score (nSPS) is 16.6. The number of para-hydroxylation sites is 1. The van der Waals surface area contributed by atoms with E-state index in [-0.39, 0.29) is 16.8 Å². The van der Waals surface area contributed by atoms with Crippen LogP contribution in [0.2, 0.25) is 0 Å². The first-order valence-electron chi connectivity index (χ1n) is 15.2. The number of piperazine rings is 1. The Labute approximate surface area is 260 Å². The fourth-order valence-electron chi connectivity index (χ4n) is 5.79. The quantitative estimate of drug-likeness (QED) is 0.181. The Morgan fingerprint density at radius 1 is 0.955 bits per heavy atom. The summed E-state index contributed by atoms with van der Waals surface area (Å²) in [5.74, 6) is 0.464. The van der Waals surface area contributed by atoms with Crippen molar-refractivity contribution < 1.29 is 22.7 Å². The lowest BCUT2D eigenvalue weighted by Crippen LogP contribution is -2.48. The molecule has 3 aromatic carbocycles. The molecule has 1 aliphatic carbocycles. The predicted molar refractivity (Wildman–Crippen MR) is 172 cm³/mol. The molecule has 1 aliphatic heterocycles. The average Bonchev–Trinajstić information content (AvgIpc) is 3.01. The van der Waals surface area contributed by atoms with Crippen molar-refractivity contribution in [2.75, 3.05) is 30.9 Å². The maximum atomic E-state index is 13.4. The van der Waals surface area contributed by atoms with Crippen molar-refractivity contribution in [3.63, 3.8) is 0 Å². The van der Waals surface area contributed by atoms with Crippen molar-refractivity contribution in [2.45, 2.75) is 57.4 Å². The molecule has 0 aromatic heterocycles. The number of amides is 1. The number of hydrogen-bond donors (Lipinski definition) is 1. The van der Waals surface area contributed by atoms with E-state index in [0.29, 0.717) is 61.3 Å². The molecule has 5 rings (SSSR count). The number of esters is 1. The summed E-state index contributed by atoms with van der Waals surface area (Å²) >= 11 is 0. The molecule has 0 unspecified atom stereocenters. The van der Waals surface area contributed by atoms with Crippen molar-refractivity contribution in [3.05, 3.63) is 83.4 Å². The summed E-state index contributed by atoms with van der Waals surface area (Å²) in [6.07, 6.45) is 7.70. The maximum Gasteiger partial charge on any atom is 0.308 e. The SMILES string of the molecule is CC(=O)Oc1cccc(CN2CCN(C(=O)c3ccc(NS(=O)(=O)c4cccc(C)c4/N=C\C4CCCCC4)cc3)CC2)c1. The third-order valence-electron chi connectivity index (χ3n) is 8.16. The van der Waals surface area contributed by atoms with E-state index in [0.717, 1.165) is 24.0 Å². The van der Waals surface area contributed by atoms with Gasteiger partial charge in [-0.25, -0.2) is 8.42 Å². The molecule has 232 valence electrons. The van der Waals surface area contributed by atoms with E-state index in [1.54, 1.807) is 42.5 Å². The fraction of sp³-hybridized carbons (Fsp3) is 0.382. The lowest BCUT2D eigenvalue weighted by atomic mass is 9.90. The predicted octanol–water partition coefficient (Wildman–Crippen LogP) is 5.96. The summed E-state index contributed by atoms with van der Waals surface area (Å²) in [5, 5.41) is 0. The number of nitrogens with zero attached hydrogens (tertiary/aromatic N) is 3. The highest BCUT2D eigenvalue weighted by Crippen LogP contribution is 2.31. The Hall–Kier alpha value is -4.02. The summed E-state index contributed by atoms with van der Waals surface area (Å²) in [6.45, 7) is 6.52.